The Morgan fingerprint density at radius 3 is 2.17 bits per heavy atom. The molecule has 1 unspecified atom stereocenters. The zero-order valence-electron chi connectivity index (χ0n) is 22.9. The Labute approximate surface area is 234 Å². The minimum Gasteiger partial charge on any atom is -0.480 e. The summed E-state index contributed by atoms with van der Waals surface area (Å²) in [4.78, 5) is 30.7. The highest BCUT2D eigenvalue weighted by molar-refractivity contribution is 5.69. The van der Waals surface area contributed by atoms with Gasteiger partial charge in [-0.05, 0) is 62.3 Å². The normalized spacial score (nSPS) is 22.0. The summed E-state index contributed by atoms with van der Waals surface area (Å²) in [7, 11) is 0. The number of likely N-dealkylation sites (tertiary alicyclic amines) is 1. The number of anilines is 1. The zero-order valence-corrected chi connectivity index (χ0v) is 22.9. The first-order valence-electron chi connectivity index (χ1n) is 13.8. The molecule has 0 aromatic heterocycles. The lowest BCUT2D eigenvalue weighted by molar-refractivity contribution is -0.308. The molecule has 3 heterocycles. The topological polar surface area (TPSA) is 76.6 Å². The van der Waals surface area contributed by atoms with Crippen LogP contribution in [0.1, 0.15) is 36.8 Å². The number of carbonyl (C=O) groups is 2. The van der Waals surface area contributed by atoms with E-state index in [0.29, 0.717) is 12.5 Å². The Hall–Kier alpha value is -2.74. The van der Waals surface area contributed by atoms with Gasteiger partial charge in [0.05, 0.1) is 6.54 Å². The van der Waals surface area contributed by atoms with Gasteiger partial charge >= 0.3 is 24.4 Å². The van der Waals surface area contributed by atoms with E-state index >= 15 is 0 Å². The molecule has 1 aromatic carbocycles. The van der Waals surface area contributed by atoms with E-state index in [2.05, 4.69) is 20.6 Å². The standard InChI is InChI=1S/C27H36F6N4O4/c1-18-4-5-20(16-34-11-13-36(14-12-34)25(40)41-24(26(28,29)30)27(31,32)33)22(15-18)35-9-6-19(7-10-35)21-3-2-8-37(21)17-23(38)39/h4-5,15,19,21,24H,2-3,6-14,16-17H2,1H3,(H,38,39). The van der Waals surface area contributed by atoms with Gasteiger partial charge in [0.2, 0.25) is 0 Å². The number of amides is 1. The monoisotopic (exact) mass is 594 g/mol. The molecule has 3 aliphatic rings. The summed E-state index contributed by atoms with van der Waals surface area (Å²) in [6.45, 7) is 5.50. The molecule has 8 nitrogen and oxygen atoms in total. The zero-order chi connectivity index (χ0) is 29.9. The predicted octanol–water partition coefficient (Wildman–Crippen LogP) is 4.51. The summed E-state index contributed by atoms with van der Waals surface area (Å²) in [6.07, 6.45) is -13.4. The van der Waals surface area contributed by atoms with Gasteiger partial charge < -0.3 is 19.6 Å². The second-order valence-corrected chi connectivity index (χ2v) is 11.1. The highest BCUT2D eigenvalue weighted by Gasteiger charge is 2.60. The van der Waals surface area contributed by atoms with Gasteiger partial charge in [0.15, 0.2) is 0 Å². The molecule has 1 aromatic rings. The number of rotatable bonds is 7. The van der Waals surface area contributed by atoms with Crippen LogP contribution in [-0.2, 0) is 16.1 Å². The molecule has 41 heavy (non-hydrogen) atoms. The molecular formula is C27H36F6N4O4. The van der Waals surface area contributed by atoms with Crippen molar-refractivity contribution in [1.29, 1.82) is 0 Å². The fraction of sp³-hybridized carbons (Fsp3) is 0.704. The molecule has 1 N–H and O–H groups in total. The van der Waals surface area contributed by atoms with E-state index in [1.54, 1.807) is 0 Å². The maximum atomic E-state index is 12.8. The van der Waals surface area contributed by atoms with Crippen LogP contribution in [0.4, 0.5) is 36.8 Å². The van der Waals surface area contributed by atoms with Crippen molar-refractivity contribution in [3.8, 4) is 0 Å². The van der Waals surface area contributed by atoms with Crippen molar-refractivity contribution in [1.82, 2.24) is 14.7 Å². The molecule has 3 aliphatic heterocycles. The van der Waals surface area contributed by atoms with Crippen LogP contribution in [0.15, 0.2) is 18.2 Å². The number of aliphatic carboxylic acids is 1. The van der Waals surface area contributed by atoms with Crippen LogP contribution >= 0.6 is 0 Å². The second-order valence-electron chi connectivity index (χ2n) is 11.1. The lowest BCUT2D eigenvalue weighted by atomic mass is 9.87. The van der Waals surface area contributed by atoms with Gasteiger partial charge in [-0.1, -0.05) is 12.1 Å². The molecule has 14 heteroatoms. The summed E-state index contributed by atoms with van der Waals surface area (Å²) in [5, 5.41) is 9.25. The molecule has 0 bridgehead atoms. The smallest absolute Gasteiger partial charge is 0.434 e. The Morgan fingerprint density at radius 1 is 0.951 bits per heavy atom. The Bertz CT molecular complexity index is 1050. The number of piperazine rings is 1. The quantitative estimate of drug-likeness (QED) is 0.466. The van der Waals surface area contributed by atoms with Gasteiger partial charge in [-0.2, -0.15) is 26.3 Å². The first-order chi connectivity index (χ1) is 19.2. The molecule has 1 atom stereocenters. The van der Waals surface area contributed by atoms with Gasteiger partial charge in [0.25, 0.3) is 6.10 Å². The van der Waals surface area contributed by atoms with E-state index in [1.165, 1.54) is 0 Å². The number of benzene rings is 1. The van der Waals surface area contributed by atoms with E-state index in [0.717, 1.165) is 67.0 Å². The maximum absolute atomic E-state index is 12.8. The van der Waals surface area contributed by atoms with Crippen molar-refractivity contribution in [3.63, 3.8) is 0 Å². The third-order valence-corrected chi connectivity index (χ3v) is 8.26. The summed E-state index contributed by atoms with van der Waals surface area (Å²) in [6, 6.07) is 6.43. The number of nitrogens with zero attached hydrogens (tertiary/aromatic N) is 4. The third kappa shape index (κ3) is 7.97. The van der Waals surface area contributed by atoms with Crippen molar-refractivity contribution in [3.05, 3.63) is 29.3 Å². The van der Waals surface area contributed by atoms with Crippen LogP contribution in [-0.4, -0.2) is 109 Å². The molecule has 3 fully saturated rings. The number of carboxylic acids is 1. The minimum atomic E-state index is -5.75. The largest absolute Gasteiger partial charge is 0.480 e. The fourth-order valence-electron chi connectivity index (χ4n) is 6.21. The van der Waals surface area contributed by atoms with Crippen LogP contribution in [0.25, 0.3) is 0 Å². The molecule has 0 saturated carbocycles. The number of carbonyl (C=O) groups excluding carboxylic acids is 1. The average Bonchev–Trinajstić information content (AvgIpc) is 3.34. The highest BCUT2D eigenvalue weighted by Crippen LogP contribution is 2.37. The van der Waals surface area contributed by atoms with Crippen LogP contribution in [0.2, 0.25) is 0 Å². The van der Waals surface area contributed by atoms with E-state index < -0.39 is 30.5 Å². The highest BCUT2D eigenvalue weighted by atomic mass is 19.4. The molecule has 230 valence electrons. The van der Waals surface area contributed by atoms with E-state index in [-0.39, 0.29) is 38.8 Å². The van der Waals surface area contributed by atoms with Crippen molar-refractivity contribution in [2.75, 3.05) is 57.3 Å². The van der Waals surface area contributed by atoms with Crippen LogP contribution < -0.4 is 4.90 Å². The number of piperidine rings is 1. The van der Waals surface area contributed by atoms with Crippen molar-refractivity contribution >= 4 is 17.7 Å². The molecule has 3 saturated heterocycles. The molecule has 0 aliphatic carbocycles. The third-order valence-electron chi connectivity index (χ3n) is 8.26. The van der Waals surface area contributed by atoms with E-state index in [1.807, 2.05) is 24.0 Å². The van der Waals surface area contributed by atoms with Crippen LogP contribution in [0.3, 0.4) is 0 Å². The maximum Gasteiger partial charge on any atom is 0.434 e. The van der Waals surface area contributed by atoms with E-state index in [9.17, 15) is 41.0 Å². The fourth-order valence-corrected chi connectivity index (χ4v) is 6.21. The summed E-state index contributed by atoms with van der Waals surface area (Å²) in [5.41, 5.74) is 3.22. The van der Waals surface area contributed by atoms with Gasteiger partial charge in [-0.15, -0.1) is 0 Å². The number of hydrogen-bond acceptors (Lipinski definition) is 6. The van der Waals surface area contributed by atoms with Gasteiger partial charge in [-0.3, -0.25) is 14.6 Å². The Kier molecular flexibility index (Phi) is 9.62. The number of alkyl halides is 6. The lowest BCUT2D eigenvalue weighted by Gasteiger charge is -2.40. The van der Waals surface area contributed by atoms with Gasteiger partial charge in [0.1, 0.15) is 0 Å². The molecule has 4 rings (SSSR count). The van der Waals surface area contributed by atoms with Gasteiger partial charge in [0, 0.05) is 57.5 Å². The second kappa shape index (κ2) is 12.6. The van der Waals surface area contributed by atoms with Crippen molar-refractivity contribution in [2.45, 2.75) is 63.7 Å². The number of halogens is 6. The summed E-state index contributed by atoms with van der Waals surface area (Å²) >= 11 is 0. The molecule has 0 spiro atoms. The SMILES string of the molecule is Cc1ccc(CN2CCN(C(=O)OC(C(F)(F)F)C(F)(F)F)CC2)c(N2CCC(C3CCCN3CC(=O)O)CC2)c1. The summed E-state index contributed by atoms with van der Waals surface area (Å²) in [5.74, 6) is -0.369. The summed E-state index contributed by atoms with van der Waals surface area (Å²) < 4.78 is 80.5. The van der Waals surface area contributed by atoms with Crippen molar-refractivity contribution in [2.24, 2.45) is 5.92 Å². The number of hydrogen-bond donors (Lipinski definition) is 1. The number of ether oxygens (including phenoxy) is 1. The van der Waals surface area contributed by atoms with Crippen LogP contribution in [0, 0.1) is 12.8 Å². The number of carboxylic acid groups (broad SMARTS) is 1. The molecular weight excluding hydrogens is 558 g/mol. The van der Waals surface area contributed by atoms with Crippen molar-refractivity contribution < 1.29 is 45.8 Å². The first-order valence-corrected chi connectivity index (χ1v) is 13.8. The van der Waals surface area contributed by atoms with E-state index in [4.69, 9.17) is 0 Å². The first kappa shape index (κ1) is 31.2. The minimum absolute atomic E-state index is 0.0535. The Morgan fingerprint density at radius 2 is 1.59 bits per heavy atom. The van der Waals surface area contributed by atoms with Crippen LogP contribution in [0.5, 0.6) is 0 Å². The average molecular weight is 595 g/mol. The lowest BCUT2D eigenvalue weighted by Crippen LogP contribution is -2.52. The Balaban J connectivity index is 1.33. The predicted molar refractivity (Wildman–Crippen MR) is 138 cm³/mol. The molecule has 0 radical (unpaired) electrons. The molecule has 1 amide bonds. The van der Waals surface area contributed by atoms with Gasteiger partial charge in [-0.25, -0.2) is 4.79 Å². The number of aryl methyl sites for hydroxylation is 1.